The summed E-state index contributed by atoms with van der Waals surface area (Å²) in [5.74, 6) is 0.877. The lowest BCUT2D eigenvalue weighted by atomic mass is 10.2. The number of rotatable bonds is 8. The molecular formula is C21H20IN3O5S. The van der Waals surface area contributed by atoms with Crippen LogP contribution in [0.25, 0.3) is 10.1 Å². The Balaban J connectivity index is 1.74. The lowest BCUT2D eigenvalue weighted by Crippen LogP contribution is -2.16. The molecule has 3 aromatic rings. The van der Waals surface area contributed by atoms with Crippen molar-refractivity contribution in [3.63, 3.8) is 0 Å². The number of halogens is 1. The second-order valence-electron chi connectivity index (χ2n) is 6.66. The molecule has 0 saturated carbocycles. The third kappa shape index (κ3) is 5.50. The number of non-ortho nitro benzene ring substituents is 1. The Hall–Kier alpha value is -2.73. The van der Waals surface area contributed by atoms with Crippen molar-refractivity contribution >= 4 is 61.8 Å². The van der Waals surface area contributed by atoms with E-state index in [2.05, 4.69) is 33.1 Å². The number of nitrogens with zero attached hydrogens (tertiary/aromatic N) is 2. The molecule has 0 saturated heterocycles. The Morgan fingerprint density at radius 2 is 2.13 bits per heavy atom. The average Bonchev–Trinajstić information content (AvgIpc) is 3.18. The maximum atomic E-state index is 12.4. The highest BCUT2D eigenvalue weighted by Gasteiger charge is 2.15. The minimum atomic E-state index is -0.462. The van der Waals surface area contributed by atoms with Gasteiger partial charge in [0, 0.05) is 22.2 Å². The summed E-state index contributed by atoms with van der Waals surface area (Å²) in [6.07, 6.45) is 2.46. The molecule has 1 aromatic heterocycles. The van der Waals surface area contributed by atoms with Gasteiger partial charge in [0.05, 0.1) is 32.8 Å². The molecule has 162 valence electrons. The normalized spacial score (nSPS) is 12.1. The first-order valence-corrected chi connectivity index (χ1v) is 11.3. The number of hydrogen-bond donors (Lipinski definition) is 1. The van der Waals surface area contributed by atoms with E-state index in [-0.39, 0.29) is 11.8 Å². The van der Waals surface area contributed by atoms with Gasteiger partial charge >= 0.3 is 0 Å². The van der Waals surface area contributed by atoms with Gasteiger partial charge in [-0.2, -0.15) is 5.10 Å². The Labute approximate surface area is 196 Å². The van der Waals surface area contributed by atoms with Crippen molar-refractivity contribution in [2.45, 2.75) is 26.4 Å². The summed E-state index contributed by atoms with van der Waals surface area (Å²) >= 11 is 3.42. The van der Waals surface area contributed by atoms with Gasteiger partial charge in [0.15, 0.2) is 11.5 Å². The zero-order valence-corrected chi connectivity index (χ0v) is 20.0. The summed E-state index contributed by atoms with van der Waals surface area (Å²) in [5, 5.41) is 15.6. The molecule has 31 heavy (non-hydrogen) atoms. The quantitative estimate of drug-likeness (QED) is 0.175. The Morgan fingerprint density at radius 3 is 2.81 bits per heavy atom. The van der Waals surface area contributed by atoms with Gasteiger partial charge in [-0.25, -0.2) is 5.43 Å². The van der Waals surface area contributed by atoms with Crippen LogP contribution in [0.3, 0.4) is 0 Å². The molecule has 0 aliphatic carbocycles. The van der Waals surface area contributed by atoms with Gasteiger partial charge in [0.2, 0.25) is 0 Å². The van der Waals surface area contributed by atoms with Crippen molar-refractivity contribution in [1.29, 1.82) is 0 Å². The Bertz CT molecular complexity index is 1160. The first kappa shape index (κ1) is 22.9. The first-order valence-electron chi connectivity index (χ1n) is 9.38. The number of ether oxygens (including phenoxy) is 2. The summed E-state index contributed by atoms with van der Waals surface area (Å²) in [5.41, 5.74) is 3.22. The van der Waals surface area contributed by atoms with Gasteiger partial charge < -0.3 is 9.47 Å². The van der Waals surface area contributed by atoms with Crippen LogP contribution in [0.1, 0.15) is 35.5 Å². The zero-order valence-electron chi connectivity index (χ0n) is 17.0. The molecule has 1 amide bonds. The summed E-state index contributed by atoms with van der Waals surface area (Å²) in [4.78, 5) is 23.3. The second kappa shape index (κ2) is 10.1. The number of hydrazone groups is 1. The highest BCUT2D eigenvalue weighted by molar-refractivity contribution is 14.1. The van der Waals surface area contributed by atoms with E-state index in [0.29, 0.717) is 21.8 Å². The van der Waals surface area contributed by atoms with E-state index in [1.165, 1.54) is 29.7 Å². The number of thiophene rings is 1. The summed E-state index contributed by atoms with van der Waals surface area (Å²) in [6.45, 7) is 4.04. The fraction of sp³-hybridized carbons (Fsp3) is 0.238. The van der Waals surface area contributed by atoms with Crippen LogP contribution in [0.5, 0.6) is 11.5 Å². The molecular weight excluding hydrogens is 533 g/mol. The van der Waals surface area contributed by atoms with E-state index in [4.69, 9.17) is 9.47 Å². The SMILES string of the molecule is CC[C@H](C)Oc1c(I)cc(/C=N\NC(=O)c2cc3cc([N+](=O)[O-])ccc3s2)cc1OC. The number of carbonyl (C=O) groups is 1. The van der Waals surface area contributed by atoms with Crippen LogP contribution in [0.2, 0.25) is 0 Å². The predicted molar refractivity (Wildman–Crippen MR) is 130 cm³/mol. The highest BCUT2D eigenvalue weighted by atomic mass is 127. The fourth-order valence-corrected chi connectivity index (χ4v) is 4.38. The molecule has 0 aliphatic heterocycles. The number of hydrogen-bond acceptors (Lipinski definition) is 7. The largest absolute Gasteiger partial charge is 0.493 e. The number of nitrogens with one attached hydrogen (secondary N) is 1. The van der Waals surface area contributed by atoms with Crippen LogP contribution in [0.15, 0.2) is 41.5 Å². The molecule has 0 bridgehead atoms. The van der Waals surface area contributed by atoms with Gasteiger partial charge in [-0.1, -0.05) is 6.92 Å². The van der Waals surface area contributed by atoms with E-state index in [1.54, 1.807) is 25.3 Å². The van der Waals surface area contributed by atoms with Crippen LogP contribution >= 0.6 is 33.9 Å². The Morgan fingerprint density at radius 1 is 1.35 bits per heavy atom. The second-order valence-corrected chi connectivity index (χ2v) is 8.91. The monoisotopic (exact) mass is 553 g/mol. The smallest absolute Gasteiger partial charge is 0.281 e. The number of nitro groups is 1. The summed E-state index contributed by atoms with van der Waals surface area (Å²) in [7, 11) is 1.57. The van der Waals surface area contributed by atoms with Gasteiger partial charge in [-0.15, -0.1) is 11.3 Å². The molecule has 1 heterocycles. The molecule has 0 spiro atoms. The van der Waals surface area contributed by atoms with Crippen LogP contribution in [0, 0.1) is 13.7 Å². The number of benzene rings is 2. The third-order valence-electron chi connectivity index (χ3n) is 4.46. The molecule has 8 nitrogen and oxygen atoms in total. The highest BCUT2D eigenvalue weighted by Crippen LogP contribution is 2.34. The molecule has 0 fully saturated rings. The van der Waals surface area contributed by atoms with Crippen molar-refractivity contribution in [3.8, 4) is 11.5 Å². The van der Waals surface area contributed by atoms with Crippen molar-refractivity contribution in [3.05, 3.63) is 60.5 Å². The van der Waals surface area contributed by atoms with Crippen LogP contribution in [0.4, 0.5) is 5.69 Å². The van der Waals surface area contributed by atoms with Gasteiger partial charge in [-0.05, 0) is 65.8 Å². The number of amides is 1. The van der Waals surface area contributed by atoms with Crippen LogP contribution in [-0.2, 0) is 0 Å². The molecule has 0 unspecified atom stereocenters. The molecule has 3 rings (SSSR count). The molecule has 2 aromatic carbocycles. The molecule has 1 N–H and O–H groups in total. The number of nitro benzene ring substituents is 1. The molecule has 0 aliphatic rings. The lowest BCUT2D eigenvalue weighted by molar-refractivity contribution is -0.384. The minimum Gasteiger partial charge on any atom is -0.493 e. The van der Waals surface area contributed by atoms with E-state index in [0.717, 1.165) is 20.3 Å². The van der Waals surface area contributed by atoms with Gasteiger partial charge in [-0.3, -0.25) is 14.9 Å². The number of carbonyl (C=O) groups excluding carboxylic acids is 1. The maximum absolute atomic E-state index is 12.4. The van der Waals surface area contributed by atoms with Crippen molar-refractivity contribution < 1.29 is 19.2 Å². The topological polar surface area (TPSA) is 103 Å². The van der Waals surface area contributed by atoms with E-state index in [1.807, 2.05) is 19.9 Å². The third-order valence-corrected chi connectivity index (χ3v) is 6.38. The van der Waals surface area contributed by atoms with Crippen LogP contribution in [-0.4, -0.2) is 30.3 Å². The lowest BCUT2D eigenvalue weighted by Gasteiger charge is -2.17. The first-order chi connectivity index (χ1) is 14.8. The van der Waals surface area contributed by atoms with E-state index in [9.17, 15) is 14.9 Å². The predicted octanol–water partition coefficient (Wildman–Crippen LogP) is 5.36. The molecule has 10 heteroatoms. The average molecular weight is 553 g/mol. The zero-order chi connectivity index (χ0) is 22.5. The number of fused-ring (bicyclic) bond motifs is 1. The minimum absolute atomic E-state index is 0.0143. The van der Waals surface area contributed by atoms with Crippen LogP contribution < -0.4 is 14.9 Å². The molecule has 1 atom stereocenters. The Kier molecular flexibility index (Phi) is 7.44. The standard InChI is InChI=1S/C21H20IN3O5S/c1-4-12(2)30-20-16(22)7-13(8-17(20)29-3)11-23-24-21(26)19-10-14-9-15(25(27)28)5-6-18(14)31-19/h5-12H,4H2,1-3H3,(H,24,26)/b23-11-/t12-/m0/s1. The van der Waals surface area contributed by atoms with Crippen molar-refractivity contribution in [2.75, 3.05) is 7.11 Å². The van der Waals surface area contributed by atoms with Crippen molar-refractivity contribution in [2.24, 2.45) is 5.10 Å². The van der Waals surface area contributed by atoms with Gasteiger partial charge in [0.1, 0.15) is 0 Å². The summed E-state index contributed by atoms with van der Waals surface area (Å²) < 4.78 is 13.0. The van der Waals surface area contributed by atoms with E-state index < -0.39 is 10.8 Å². The van der Waals surface area contributed by atoms with E-state index >= 15 is 0 Å². The van der Waals surface area contributed by atoms with Gasteiger partial charge in [0.25, 0.3) is 11.6 Å². The van der Waals surface area contributed by atoms with Crippen molar-refractivity contribution in [1.82, 2.24) is 5.43 Å². The maximum Gasteiger partial charge on any atom is 0.281 e. The number of methoxy groups -OCH3 is 1. The molecule has 0 radical (unpaired) electrons. The fourth-order valence-electron chi connectivity index (χ4n) is 2.69. The summed E-state index contributed by atoms with van der Waals surface area (Å²) in [6, 6.07) is 9.79.